The molecule has 1 aliphatic heterocycles. The zero-order valence-corrected chi connectivity index (χ0v) is 10.8. The SMILES string of the molecule is CCNS(=O)(=O)CC12CCCCC1NCC2. The lowest BCUT2D eigenvalue weighted by atomic mass is 9.72. The summed E-state index contributed by atoms with van der Waals surface area (Å²) in [7, 11) is -3.08. The Morgan fingerprint density at radius 1 is 1.38 bits per heavy atom. The van der Waals surface area contributed by atoms with Crippen LogP contribution in [0.2, 0.25) is 0 Å². The van der Waals surface area contributed by atoms with Gasteiger partial charge in [-0.1, -0.05) is 19.8 Å². The van der Waals surface area contributed by atoms with Crippen LogP contribution in [0.25, 0.3) is 0 Å². The van der Waals surface area contributed by atoms with E-state index in [0.717, 1.165) is 25.8 Å². The second-order valence-corrected chi connectivity index (χ2v) is 6.93. The highest BCUT2D eigenvalue weighted by molar-refractivity contribution is 7.89. The van der Waals surface area contributed by atoms with Crippen molar-refractivity contribution in [3.63, 3.8) is 0 Å². The molecule has 16 heavy (non-hydrogen) atoms. The van der Waals surface area contributed by atoms with Gasteiger partial charge in [-0.25, -0.2) is 13.1 Å². The van der Waals surface area contributed by atoms with Crippen LogP contribution < -0.4 is 10.0 Å². The van der Waals surface area contributed by atoms with Crippen LogP contribution in [-0.2, 0) is 10.0 Å². The third-order valence-corrected chi connectivity index (χ3v) is 5.70. The summed E-state index contributed by atoms with van der Waals surface area (Å²) in [4.78, 5) is 0. The minimum Gasteiger partial charge on any atom is -0.313 e. The Hall–Kier alpha value is -0.130. The molecule has 2 unspecified atom stereocenters. The van der Waals surface area contributed by atoms with Crippen molar-refractivity contribution in [2.24, 2.45) is 5.41 Å². The van der Waals surface area contributed by atoms with E-state index < -0.39 is 10.0 Å². The van der Waals surface area contributed by atoms with Gasteiger partial charge in [0.1, 0.15) is 0 Å². The van der Waals surface area contributed by atoms with E-state index in [0.29, 0.717) is 18.3 Å². The van der Waals surface area contributed by atoms with Gasteiger partial charge in [0.05, 0.1) is 5.75 Å². The number of sulfonamides is 1. The molecule has 0 bridgehead atoms. The summed E-state index contributed by atoms with van der Waals surface area (Å²) in [5.74, 6) is 0.311. The van der Waals surface area contributed by atoms with Gasteiger partial charge in [0, 0.05) is 18.0 Å². The van der Waals surface area contributed by atoms with E-state index in [1.165, 1.54) is 12.8 Å². The highest BCUT2D eigenvalue weighted by atomic mass is 32.2. The molecule has 1 saturated heterocycles. The molecular weight excluding hydrogens is 224 g/mol. The Bertz CT molecular complexity index is 342. The molecule has 0 spiro atoms. The van der Waals surface area contributed by atoms with Gasteiger partial charge >= 0.3 is 0 Å². The summed E-state index contributed by atoms with van der Waals surface area (Å²) in [6, 6.07) is 0.426. The predicted octanol–water partition coefficient (Wildman–Crippen LogP) is 0.848. The van der Waals surface area contributed by atoms with E-state index in [9.17, 15) is 8.42 Å². The second kappa shape index (κ2) is 4.63. The number of hydrogen-bond acceptors (Lipinski definition) is 3. The van der Waals surface area contributed by atoms with E-state index >= 15 is 0 Å². The van der Waals surface area contributed by atoms with Gasteiger partial charge in [-0.05, 0) is 25.8 Å². The first kappa shape index (κ1) is 12.3. The average molecular weight is 246 g/mol. The van der Waals surface area contributed by atoms with E-state index in [1.54, 1.807) is 0 Å². The molecule has 4 nitrogen and oxygen atoms in total. The monoisotopic (exact) mass is 246 g/mol. The van der Waals surface area contributed by atoms with Crippen LogP contribution in [-0.4, -0.2) is 33.3 Å². The van der Waals surface area contributed by atoms with E-state index in [-0.39, 0.29) is 5.41 Å². The lowest BCUT2D eigenvalue weighted by molar-refractivity contribution is 0.200. The van der Waals surface area contributed by atoms with Crippen molar-refractivity contribution in [2.45, 2.75) is 45.1 Å². The van der Waals surface area contributed by atoms with Crippen molar-refractivity contribution in [3.8, 4) is 0 Å². The fraction of sp³-hybridized carbons (Fsp3) is 1.00. The van der Waals surface area contributed by atoms with Crippen LogP contribution in [0.4, 0.5) is 0 Å². The maximum absolute atomic E-state index is 11.9. The maximum Gasteiger partial charge on any atom is 0.212 e. The molecule has 2 rings (SSSR count). The minimum absolute atomic E-state index is 0.0131. The normalized spacial score (nSPS) is 34.9. The quantitative estimate of drug-likeness (QED) is 0.773. The van der Waals surface area contributed by atoms with Gasteiger partial charge in [-0.15, -0.1) is 0 Å². The van der Waals surface area contributed by atoms with Crippen LogP contribution in [0.15, 0.2) is 0 Å². The molecule has 5 heteroatoms. The molecule has 2 fully saturated rings. The van der Waals surface area contributed by atoms with Crippen LogP contribution in [0.3, 0.4) is 0 Å². The molecule has 2 atom stereocenters. The van der Waals surface area contributed by atoms with Crippen LogP contribution >= 0.6 is 0 Å². The number of hydrogen-bond donors (Lipinski definition) is 2. The minimum atomic E-state index is -3.08. The van der Waals surface area contributed by atoms with Crippen LogP contribution in [0.1, 0.15) is 39.0 Å². The molecule has 0 aromatic heterocycles. The number of fused-ring (bicyclic) bond motifs is 1. The number of nitrogens with one attached hydrogen (secondary N) is 2. The van der Waals surface area contributed by atoms with Gasteiger partial charge in [0.25, 0.3) is 0 Å². The first-order chi connectivity index (χ1) is 7.58. The van der Waals surface area contributed by atoms with Crippen LogP contribution in [0, 0.1) is 5.41 Å². The molecule has 1 heterocycles. The van der Waals surface area contributed by atoms with Gasteiger partial charge in [0.15, 0.2) is 0 Å². The smallest absolute Gasteiger partial charge is 0.212 e. The van der Waals surface area contributed by atoms with Crippen molar-refractivity contribution >= 4 is 10.0 Å². The number of rotatable bonds is 4. The molecule has 0 radical (unpaired) electrons. The van der Waals surface area contributed by atoms with Crippen LogP contribution in [0.5, 0.6) is 0 Å². The van der Waals surface area contributed by atoms with E-state index in [1.807, 2.05) is 6.92 Å². The zero-order valence-electron chi connectivity index (χ0n) is 9.96. The summed E-state index contributed by atoms with van der Waals surface area (Å²) in [5.41, 5.74) is 0.0131. The molecule has 2 N–H and O–H groups in total. The second-order valence-electron chi connectivity index (χ2n) is 5.12. The molecule has 2 aliphatic rings. The summed E-state index contributed by atoms with van der Waals surface area (Å²) in [6.07, 6.45) is 5.64. The first-order valence-corrected chi connectivity index (χ1v) is 7.94. The van der Waals surface area contributed by atoms with Gasteiger partial charge in [-0.3, -0.25) is 0 Å². The Morgan fingerprint density at radius 3 is 2.94 bits per heavy atom. The molecule has 1 aliphatic carbocycles. The van der Waals surface area contributed by atoms with Crippen molar-refractivity contribution in [1.29, 1.82) is 0 Å². The summed E-state index contributed by atoms with van der Waals surface area (Å²) >= 11 is 0. The maximum atomic E-state index is 11.9. The standard InChI is InChI=1S/C11H22N2O2S/c1-2-13-16(14,15)9-11-6-4-3-5-10(11)12-8-7-11/h10,12-13H,2-9H2,1H3. The van der Waals surface area contributed by atoms with Gasteiger partial charge in [-0.2, -0.15) is 0 Å². The Balaban J connectivity index is 2.11. The summed E-state index contributed by atoms with van der Waals surface area (Å²) < 4.78 is 26.4. The lowest BCUT2D eigenvalue weighted by Gasteiger charge is -2.38. The van der Waals surface area contributed by atoms with Crippen molar-refractivity contribution in [1.82, 2.24) is 10.0 Å². The van der Waals surface area contributed by atoms with Gasteiger partial charge in [0.2, 0.25) is 10.0 Å². The summed E-state index contributed by atoms with van der Waals surface area (Å²) in [6.45, 7) is 3.31. The average Bonchev–Trinajstić information content (AvgIpc) is 2.59. The lowest BCUT2D eigenvalue weighted by Crippen LogP contribution is -2.46. The van der Waals surface area contributed by atoms with Crippen molar-refractivity contribution < 1.29 is 8.42 Å². The summed E-state index contributed by atoms with van der Waals surface area (Å²) in [5, 5.41) is 3.47. The van der Waals surface area contributed by atoms with Gasteiger partial charge < -0.3 is 5.32 Å². The van der Waals surface area contributed by atoms with Crippen molar-refractivity contribution in [3.05, 3.63) is 0 Å². The van der Waals surface area contributed by atoms with Crippen molar-refractivity contribution in [2.75, 3.05) is 18.8 Å². The highest BCUT2D eigenvalue weighted by Gasteiger charge is 2.46. The van der Waals surface area contributed by atoms with E-state index in [4.69, 9.17) is 0 Å². The molecule has 1 saturated carbocycles. The first-order valence-electron chi connectivity index (χ1n) is 6.29. The highest BCUT2D eigenvalue weighted by Crippen LogP contribution is 2.43. The fourth-order valence-electron chi connectivity index (χ4n) is 3.31. The Morgan fingerprint density at radius 2 is 2.19 bits per heavy atom. The zero-order chi connectivity index (χ0) is 11.6. The molecule has 0 amide bonds. The predicted molar refractivity (Wildman–Crippen MR) is 64.8 cm³/mol. The third kappa shape index (κ3) is 2.41. The molecule has 0 aromatic carbocycles. The molecule has 0 aromatic rings. The Labute approximate surface area is 98.2 Å². The Kier molecular flexibility index (Phi) is 3.56. The third-order valence-electron chi connectivity index (χ3n) is 4.01. The largest absolute Gasteiger partial charge is 0.313 e. The van der Waals surface area contributed by atoms with E-state index in [2.05, 4.69) is 10.0 Å². The molecular formula is C11H22N2O2S. The topological polar surface area (TPSA) is 58.2 Å². The molecule has 94 valence electrons. The fourth-order valence-corrected chi connectivity index (χ4v) is 5.10.